The van der Waals surface area contributed by atoms with Gasteiger partial charge in [0.1, 0.15) is 0 Å². The normalized spacial score (nSPS) is 10.9. The molecule has 2 aromatic carbocycles. The summed E-state index contributed by atoms with van der Waals surface area (Å²) in [7, 11) is 0. The van der Waals surface area contributed by atoms with Gasteiger partial charge in [-0.15, -0.1) is 11.8 Å². The van der Waals surface area contributed by atoms with E-state index in [0.29, 0.717) is 11.7 Å². The summed E-state index contributed by atoms with van der Waals surface area (Å²) < 4.78 is 10.4. The molecule has 0 saturated heterocycles. The van der Waals surface area contributed by atoms with E-state index >= 15 is 0 Å². The van der Waals surface area contributed by atoms with Crippen LogP contribution in [-0.4, -0.2) is 21.9 Å². The maximum absolute atomic E-state index is 11.8. The van der Waals surface area contributed by atoms with Crippen molar-refractivity contribution in [2.24, 2.45) is 0 Å². The summed E-state index contributed by atoms with van der Waals surface area (Å²) in [5.74, 6) is 1.16. The lowest BCUT2D eigenvalue weighted by Crippen LogP contribution is -2.07. The Kier molecular flexibility index (Phi) is 6.07. The smallest absolute Gasteiger partial charge is 0.316 e. The summed E-state index contributed by atoms with van der Waals surface area (Å²) in [4.78, 5) is 17.1. The average molecular weight is 368 g/mol. The Bertz CT molecular complexity index is 845. The lowest BCUT2D eigenvalue weighted by Gasteiger charge is -2.04. The van der Waals surface area contributed by atoms with Crippen LogP contribution >= 0.6 is 11.8 Å². The Morgan fingerprint density at radius 2 is 1.85 bits per heavy atom. The largest absolute Gasteiger partial charge is 0.455 e. The summed E-state index contributed by atoms with van der Waals surface area (Å²) in [6.45, 7) is 4.27. The highest BCUT2D eigenvalue weighted by molar-refractivity contribution is 8.00. The fourth-order valence-electron chi connectivity index (χ4n) is 2.29. The number of hydrogen-bond donors (Lipinski definition) is 0. The van der Waals surface area contributed by atoms with Gasteiger partial charge in [-0.05, 0) is 23.6 Å². The third-order valence-corrected chi connectivity index (χ3v) is 4.75. The summed E-state index contributed by atoms with van der Waals surface area (Å²) >= 11 is 1.43. The molecule has 0 aliphatic carbocycles. The van der Waals surface area contributed by atoms with Gasteiger partial charge in [0.15, 0.2) is 6.61 Å². The zero-order chi connectivity index (χ0) is 18.4. The topological polar surface area (TPSA) is 65.2 Å². The Labute approximate surface area is 156 Å². The van der Waals surface area contributed by atoms with Crippen LogP contribution in [0.4, 0.5) is 0 Å². The lowest BCUT2D eigenvalue weighted by atomic mass is 10.0. The number of hydrogen-bond acceptors (Lipinski definition) is 6. The van der Waals surface area contributed by atoms with Gasteiger partial charge in [-0.1, -0.05) is 61.5 Å². The molecule has 0 fully saturated rings. The molecule has 0 aliphatic rings. The van der Waals surface area contributed by atoms with Gasteiger partial charge in [-0.25, -0.2) is 0 Å². The van der Waals surface area contributed by atoms with Crippen LogP contribution < -0.4 is 0 Å². The second kappa shape index (κ2) is 8.67. The second-order valence-corrected chi connectivity index (χ2v) is 7.10. The molecule has 0 amide bonds. The Balaban J connectivity index is 1.51. The number of nitrogens with zero attached hydrogens (tertiary/aromatic N) is 2. The lowest BCUT2D eigenvalue weighted by molar-refractivity contribution is -0.142. The number of ether oxygens (including phenoxy) is 1. The zero-order valence-corrected chi connectivity index (χ0v) is 15.5. The molecule has 0 atom stereocenters. The highest BCUT2D eigenvalue weighted by atomic mass is 32.2. The molecule has 134 valence electrons. The van der Waals surface area contributed by atoms with E-state index in [1.165, 1.54) is 17.3 Å². The fraction of sp³-hybridized carbons (Fsp3) is 0.250. The van der Waals surface area contributed by atoms with Gasteiger partial charge < -0.3 is 9.26 Å². The molecule has 1 aromatic heterocycles. The van der Waals surface area contributed by atoms with Crippen LogP contribution in [0.5, 0.6) is 0 Å². The molecule has 1 heterocycles. The first-order valence-corrected chi connectivity index (χ1v) is 9.37. The van der Waals surface area contributed by atoms with Crippen LogP contribution in [0.1, 0.15) is 31.2 Å². The summed E-state index contributed by atoms with van der Waals surface area (Å²) in [5, 5.41) is 3.95. The van der Waals surface area contributed by atoms with E-state index in [1.54, 1.807) is 0 Å². The maximum atomic E-state index is 11.8. The third-order valence-electron chi connectivity index (χ3n) is 3.76. The number of rotatable bonds is 7. The summed E-state index contributed by atoms with van der Waals surface area (Å²) in [6, 6.07) is 17.7. The first kappa shape index (κ1) is 18.2. The standard InChI is InChI=1S/C20H20N2O3S/c1-14(2)15-8-10-16(11-9-15)20-21-18(25-22-20)12-24-19(23)13-26-17-6-4-3-5-7-17/h3-11,14H,12-13H2,1-2H3. The molecule has 0 saturated carbocycles. The van der Waals surface area contributed by atoms with Crippen molar-refractivity contribution >= 4 is 17.7 Å². The summed E-state index contributed by atoms with van der Waals surface area (Å²) in [6.07, 6.45) is 0. The van der Waals surface area contributed by atoms with Crippen molar-refractivity contribution in [2.75, 3.05) is 5.75 Å². The van der Waals surface area contributed by atoms with E-state index in [-0.39, 0.29) is 24.2 Å². The van der Waals surface area contributed by atoms with Crippen LogP contribution in [0.3, 0.4) is 0 Å². The molecule has 0 unspecified atom stereocenters. The highest BCUT2D eigenvalue weighted by Crippen LogP contribution is 2.21. The molecule has 0 bridgehead atoms. The Hall–Kier alpha value is -2.60. The molecular weight excluding hydrogens is 348 g/mol. The van der Waals surface area contributed by atoms with E-state index in [1.807, 2.05) is 42.5 Å². The molecule has 0 spiro atoms. The molecule has 0 N–H and O–H groups in total. The molecule has 3 rings (SSSR count). The van der Waals surface area contributed by atoms with E-state index in [0.717, 1.165) is 10.5 Å². The van der Waals surface area contributed by atoms with Crippen LogP contribution in [0, 0.1) is 0 Å². The van der Waals surface area contributed by atoms with Gasteiger partial charge in [0.05, 0.1) is 5.75 Å². The van der Waals surface area contributed by atoms with E-state index in [4.69, 9.17) is 9.26 Å². The predicted molar refractivity (Wildman–Crippen MR) is 101 cm³/mol. The molecule has 5 nitrogen and oxygen atoms in total. The van der Waals surface area contributed by atoms with E-state index in [2.05, 4.69) is 36.1 Å². The molecule has 3 aromatic rings. The minimum atomic E-state index is -0.320. The van der Waals surface area contributed by atoms with Crippen LogP contribution in [0.25, 0.3) is 11.4 Å². The number of carbonyl (C=O) groups is 1. The van der Waals surface area contributed by atoms with Gasteiger partial charge in [0, 0.05) is 10.5 Å². The average Bonchev–Trinajstić information content (AvgIpc) is 3.14. The first-order chi connectivity index (χ1) is 12.6. The van der Waals surface area contributed by atoms with Gasteiger partial charge in [0.2, 0.25) is 5.82 Å². The highest BCUT2D eigenvalue weighted by Gasteiger charge is 2.12. The minimum Gasteiger partial charge on any atom is -0.455 e. The summed E-state index contributed by atoms with van der Waals surface area (Å²) in [5.41, 5.74) is 2.12. The molecule has 6 heteroatoms. The van der Waals surface area contributed by atoms with Crippen molar-refractivity contribution < 1.29 is 14.1 Å². The third kappa shape index (κ3) is 4.95. The zero-order valence-electron chi connectivity index (χ0n) is 14.7. The van der Waals surface area contributed by atoms with Crippen molar-refractivity contribution in [3.8, 4) is 11.4 Å². The second-order valence-electron chi connectivity index (χ2n) is 6.05. The van der Waals surface area contributed by atoms with Crippen molar-refractivity contribution in [1.29, 1.82) is 0 Å². The fourth-order valence-corrected chi connectivity index (χ4v) is 3.01. The van der Waals surface area contributed by atoms with Crippen LogP contribution in [-0.2, 0) is 16.1 Å². The number of aromatic nitrogens is 2. The van der Waals surface area contributed by atoms with Gasteiger partial charge >= 0.3 is 5.97 Å². The number of esters is 1. The van der Waals surface area contributed by atoms with E-state index in [9.17, 15) is 4.79 Å². The maximum Gasteiger partial charge on any atom is 0.316 e. The number of carbonyl (C=O) groups excluding carboxylic acids is 1. The van der Waals surface area contributed by atoms with Gasteiger partial charge in [-0.3, -0.25) is 4.79 Å². The monoisotopic (exact) mass is 368 g/mol. The Morgan fingerprint density at radius 3 is 2.54 bits per heavy atom. The number of thioether (sulfide) groups is 1. The Morgan fingerprint density at radius 1 is 1.12 bits per heavy atom. The molecule has 26 heavy (non-hydrogen) atoms. The van der Waals surface area contributed by atoms with Crippen LogP contribution in [0.2, 0.25) is 0 Å². The van der Waals surface area contributed by atoms with E-state index < -0.39 is 0 Å². The minimum absolute atomic E-state index is 0.0226. The predicted octanol–water partition coefficient (Wildman–Crippen LogP) is 4.70. The molecule has 0 radical (unpaired) electrons. The van der Waals surface area contributed by atoms with Crippen LogP contribution in [0.15, 0.2) is 64.0 Å². The van der Waals surface area contributed by atoms with Crippen molar-refractivity contribution in [3.05, 3.63) is 66.1 Å². The first-order valence-electron chi connectivity index (χ1n) is 8.38. The van der Waals surface area contributed by atoms with Gasteiger partial charge in [0.25, 0.3) is 5.89 Å². The number of benzene rings is 2. The molecule has 0 aliphatic heterocycles. The van der Waals surface area contributed by atoms with Gasteiger partial charge in [-0.2, -0.15) is 4.98 Å². The van der Waals surface area contributed by atoms with Crippen molar-refractivity contribution in [3.63, 3.8) is 0 Å². The van der Waals surface area contributed by atoms with Crippen molar-refractivity contribution in [2.45, 2.75) is 31.3 Å². The quantitative estimate of drug-likeness (QED) is 0.445. The molecular formula is C20H20N2O3S. The SMILES string of the molecule is CC(C)c1ccc(-c2noc(COC(=O)CSc3ccccc3)n2)cc1. The van der Waals surface area contributed by atoms with Crippen molar-refractivity contribution in [1.82, 2.24) is 10.1 Å².